The fraction of sp³-hybridized carbons (Fsp3) is 0.741. The number of aromatic nitrogens is 1. The Morgan fingerprint density at radius 2 is 1.61 bits per heavy atom. The maximum atomic E-state index is 13.4. The SMILES string of the molecule is CCCCCCCCNc1nc2sc(C(=O)N3CCN(CCN4CCCCC4)CC3)c(C)c2c(=O)o1. The molecule has 4 rings (SSSR count). The predicted molar refractivity (Wildman–Crippen MR) is 147 cm³/mol. The molecule has 2 aliphatic heterocycles. The Balaban J connectivity index is 1.30. The number of aryl methyl sites for hydroxylation is 1. The first-order chi connectivity index (χ1) is 17.6. The van der Waals surface area contributed by atoms with Gasteiger partial charge in [0.05, 0.1) is 4.88 Å². The maximum absolute atomic E-state index is 13.4. The summed E-state index contributed by atoms with van der Waals surface area (Å²) in [6.45, 7) is 12.7. The summed E-state index contributed by atoms with van der Waals surface area (Å²) in [6.07, 6.45) is 11.2. The van der Waals surface area contributed by atoms with Gasteiger partial charge in [0.25, 0.3) is 11.9 Å². The molecule has 2 aliphatic rings. The zero-order valence-electron chi connectivity index (χ0n) is 22.1. The van der Waals surface area contributed by atoms with Gasteiger partial charge in [-0.2, -0.15) is 4.98 Å². The van der Waals surface area contributed by atoms with Gasteiger partial charge in [-0.3, -0.25) is 9.69 Å². The third-order valence-corrected chi connectivity index (χ3v) is 8.74. The van der Waals surface area contributed by atoms with Crippen LogP contribution in [0.2, 0.25) is 0 Å². The number of hydrogen-bond acceptors (Lipinski definition) is 8. The fourth-order valence-corrected chi connectivity index (χ4v) is 6.37. The van der Waals surface area contributed by atoms with E-state index in [1.165, 1.54) is 69.4 Å². The molecule has 2 saturated heterocycles. The number of carbonyl (C=O) groups excluding carboxylic acids is 1. The lowest BCUT2D eigenvalue weighted by Crippen LogP contribution is -2.50. The van der Waals surface area contributed by atoms with Crippen LogP contribution in [0.4, 0.5) is 6.01 Å². The second-order valence-corrected chi connectivity index (χ2v) is 11.3. The number of piperazine rings is 1. The molecule has 1 N–H and O–H groups in total. The van der Waals surface area contributed by atoms with E-state index in [0.717, 1.165) is 58.7 Å². The number of hydrogen-bond donors (Lipinski definition) is 1. The quantitative estimate of drug-likeness (QED) is 0.413. The molecule has 36 heavy (non-hydrogen) atoms. The van der Waals surface area contributed by atoms with E-state index in [1.54, 1.807) is 0 Å². The Bertz CT molecular complexity index is 1040. The van der Waals surface area contributed by atoms with Crippen LogP contribution >= 0.6 is 11.3 Å². The van der Waals surface area contributed by atoms with Crippen LogP contribution in [0, 0.1) is 6.92 Å². The minimum Gasteiger partial charge on any atom is -0.389 e. The summed E-state index contributed by atoms with van der Waals surface area (Å²) in [5, 5.41) is 3.59. The van der Waals surface area contributed by atoms with E-state index in [4.69, 9.17) is 4.42 Å². The number of unbranched alkanes of at least 4 members (excludes halogenated alkanes) is 5. The normalized spacial score (nSPS) is 17.7. The standard InChI is InChI=1S/C27H43N5O3S/c1-3-4-5-6-7-9-12-28-27-29-24-22(26(34)35-27)21(2)23(36-24)25(33)32-19-17-31(18-20-32)16-15-30-13-10-8-11-14-30/h3-20H2,1-2H3,(H,28,29). The molecule has 2 aromatic heterocycles. The molecule has 0 spiro atoms. The van der Waals surface area contributed by atoms with Gasteiger partial charge in [-0.15, -0.1) is 11.3 Å². The number of likely N-dealkylation sites (tertiary alicyclic amines) is 1. The number of amides is 1. The average molecular weight is 518 g/mol. The zero-order chi connectivity index (χ0) is 25.3. The predicted octanol–water partition coefficient (Wildman–Crippen LogP) is 4.57. The molecule has 4 heterocycles. The molecular formula is C27H43N5O3S. The smallest absolute Gasteiger partial charge is 0.349 e. The second kappa shape index (κ2) is 13.5. The van der Waals surface area contributed by atoms with Crippen molar-refractivity contribution in [1.29, 1.82) is 0 Å². The van der Waals surface area contributed by atoms with Crippen LogP contribution in [-0.2, 0) is 0 Å². The van der Waals surface area contributed by atoms with Crippen molar-refractivity contribution in [3.63, 3.8) is 0 Å². The first-order valence-corrected chi connectivity index (χ1v) is 14.8. The summed E-state index contributed by atoms with van der Waals surface area (Å²) >= 11 is 1.31. The number of rotatable bonds is 12. The van der Waals surface area contributed by atoms with Gasteiger partial charge >= 0.3 is 5.63 Å². The minimum absolute atomic E-state index is 0.00664. The van der Waals surface area contributed by atoms with Crippen LogP contribution in [-0.4, -0.2) is 84.5 Å². The van der Waals surface area contributed by atoms with Gasteiger partial charge < -0.3 is 19.5 Å². The summed E-state index contributed by atoms with van der Waals surface area (Å²) in [6, 6.07) is 0.253. The summed E-state index contributed by atoms with van der Waals surface area (Å²) in [5.41, 5.74) is 0.275. The largest absolute Gasteiger partial charge is 0.389 e. The highest BCUT2D eigenvalue weighted by Gasteiger charge is 2.27. The Labute approximate surface area is 219 Å². The molecular weight excluding hydrogens is 474 g/mol. The first kappa shape index (κ1) is 27.1. The Kier molecular flexibility index (Phi) is 10.2. The number of anilines is 1. The van der Waals surface area contributed by atoms with E-state index < -0.39 is 5.63 Å². The van der Waals surface area contributed by atoms with Crippen molar-refractivity contribution in [3.8, 4) is 0 Å². The van der Waals surface area contributed by atoms with E-state index in [9.17, 15) is 9.59 Å². The third-order valence-electron chi connectivity index (χ3n) is 7.57. The van der Waals surface area contributed by atoms with Crippen molar-refractivity contribution in [3.05, 3.63) is 20.9 Å². The maximum Gasteiger partial charge on any atom is 0.349 e. The molecule has 9 heteroatoms. The van der Waals surface area contributed by atoms with E-state index in [-0.39, 0.29) is 11.9 Å². The highest BCUT2D eigenvalue weighted by molar-refractivity contribution is 7.20. The Hall–Kier alpha value is -1.97. The monoisotopic (exact) mass is 517 g/mol. The molecule has 0 unspecified atom stereocenters. The number of nitrogens with zero attached hydrogens (tertiary/aromatic N) is 4. The lowest BCUT2D eigenvalue weighted by atomic mass is 10.1. The van der Waals surface area contributed by atoms with Crippen LogP contribution in [0.5, 0.6) is 0 Å². The van der Waals surface area contributed by atoms with E-state index in [2.05, 4.69) is 27.0 Å². The highest BCUT2D eigenvalue weighted by atomic mass is 32.1. The molecule has 0 radical (unpaired) electrons. The Morgan fingerprint density at radius 1 is 0.944 bits per heavy atom. The topological polar surface area (TPSA) is 81.9 Å². The van der Waals surface area contributed by atoms with Crippen LogP contribution in [0.3, 0.4) is 0 Å². The number of piperidine rings is 1. The van der Waals surface area contributed by atoms with Crippen LogP contribution in [0.1, 0.15) is 79.9 Å². The molecule has 0 bridgehead atoms. The second-order valence-electron chi connectivity index (χ2n) is 10.3. The van der Waals surface area contributed by atoms with Crippen LogP contribution < -0.4 is 10.9 Å². The first-order valence-electron chi connectivity index (χ1n) is 14.0. The fourth-order valence-electron chi connectivity index (χ4n) is 5.24. The van der Waals surface area contributed by atoms with Gasteiger partial charge in [0, 0.05) is 45.8 Å². The lowest BCUT2D eigenvalue weighted by Gasteiger charge is -2.36. The summed E-state index contributed by atoms with van der Waals surface area (Å²) in [5.74, 6) is 0.00664. The van der Waals surface area contributed by atoms with E-state index in [1.807, 2.05) is 11.8 Å². The average Bonchev–Trinajstić information content (AvgIpc) is 3.24. The minimum atomic E-state index is -0.416. The molecule has 2 fully saturated rings. The van der Waals surface area contributed by atoms with Crippen molar-refractivity contribution in [2.45, 2.75) is 71.6 Å². The van der Waals surface area contributed by atoms with Gasteiger partial charge in [-0.25, -0.2) is 4.79 Å². The van der Waals surface area contributed by atoms with Crippen molar-refractivity contribution >= 4 is 33.5 Å². The number of thiophene rings is 1. The van der Waals surface area contributed by atoms with Gasteiger partial charge in [-0.05, 0) is 44.8 Å². The number of carbonyl (C=O) groups is 1. The van der Waals surface area contributed by atoms with Crippen molar-refractivity contribution < 1.29 is 9.21 Å². The van der Waals surface area contributed by atoms with Gasteiger partial charge in [0.2, 0.25) is 0 Å². The van der Waals surface area contributed by atoms with Gasteiger partial charge in [0.1, 0.15) is 10.2 Å². The third kappa shape index (κ3) is 7.07. The molecule has 8 nitrogen and oxygen atoms in total. The summed E-state index contributed by atoms with van der Waals surface area (Å²) in [4.78, 5) is 38.7. The molecule has 0 atom stereocenters. The Morgan fingerprint density at radius 3 is 2.33 bits per heavy atom. The molecule has 2 aromatic rings. The summed E-state index contributed by atoms with van der Waals surface area (Å²) in [7, 11) is 0. The van der Waals surface area contributed by atoms with Crippen molar-refractivity contribution in [2.75, 3.05) is 64.2 Å². The van der Waals surface area contributed by atoms with Crippen molar-refractivity contribution in [2.24, 2.45) is 0 Å². The zero-order valence-corrected chi connectivity index (χ0v) is 23.0. The van der Waals surface area contributed by atoms with Crippen molar-refractivity contribution in [1.82, 2.24) is 19.7 Å². The number of fused-ring (bicyclic) bond motifs is 1. The number of nitrogens with one attached hydrogen (secondary N) is 1. The molecule has 1 amide bonds. The molecule has 0 aliphatic carbocycles. The van der Waals surface area contributed by atoms with Crippen LogP contribution in [0.15, 0.2) is 9.21 Å². The molecule has 0 aromatic carbocycles. The summed E-state index contributed by atoms with van der Waals surface area (Å²) < 4.78 is 5.44. The molecule has 0 saturated carbocycles. The highest BCUT2D eigenvalue weighted by Crippen LogP contribution is 2.29. The van der Waals surface area contributed by atoms with E-state index >= 15 is 0 Å². The van der Waals surface area contributed by atoms with Crippen LogP contribution in [0.25, 0.3) is 10.2 Å². The van der Waals surface area contributed by atoms with E-state index in [0.29, 0.717) is 20.7 Å². The lowest BCUT2D eigenvalue weighted by molar-refractivity contribution is 0.0623. The molecule has 200 valence electrons. The van der Waals surface area contributed by atoms with Gasteiger partial charge in [0.15, 0.2) is 0 Å². The van der Waals surface area contributed by atoms with Gasteiger partial charge in [-0.1, -0.05) is 45.4 Å².